The van der Waals surface area contributed by atoms with Gasteiger partial charge in [-0.1, -0.05) is 12.1 Å². The number of piperidine rings is 1. The summed E-state index contributed by atoms with van der Waals surface area (Å²) in [7, 11) is 1.56. The fourth-order valence-corrected chi connectivity index (χ4v) is 2.56. The largest absolute Gasteiger partial charge is 0.573 e. The molecule has 116 valence electrons. The molecule has 1 aromatic carbocycles. The predicted molar refractivity (Wildman–Crippen MR) is 71.0 cm³/mol. The van der Waals surface area contributed by atoms with Crippen LogP contribution in [0.5, 0.6) is 5.75 Å². The number of halogens is 3. The molecule has 0 spiro atoms. The van der Waals surface area contributed by atoms with E-state index in [1.54, 1.807) is 13.1 Å². The minimum atomic E-state index is -4.70. The monoisotopic (exact) mass is 302 g/mol. The Balaban J connectivity index is 2.10. The summed E-state index contributed by atoms with van der Waals surface area (Å²) in [5, 5.41) is 5.67. The third kappa shape index (κ3) is 4.35. The van der Waals surface area contributed by atoms with E-state index < -0.39 is 6.36 Å². The van der Waals surface area contributed by atoms with Gasteiger partial charge in [-0.25, -0.2) is 0 Å². The average molecular weight is 302 g/mol. The van der Waals surface area contributed by atoms with Crippen LogP contribution in [0, 0.1) is 0 Å². The summed E-state index contributed by atoms with van der Waals surface area (Å²) in [6.45, 7) is 0.646. The van der Waals surface area contributed by atoms with Crippen LogP contribution in [0.1, 0.15) is 24.3 Å². The Morgan fingerprint density at radius 1 is 1.43 bits per heavy atom. The zero-order valence-electron chi connectivity index (χ0n) is 11.5. The van der Waals surface area contributed by atoms with Gasteiger partial charge in [0.25, 0.3) is 0 Å². The second-order valence-electron chi connectivity index (χ2n) is 4.96. The second-order valence-corrected chi connectivity index (χ2v) is 4.96. The van der Waals surface area contributed by atoms with Crippen molar-refractivity contribution in [1.82, 2.24) is 10.6 Å². The number of nitrogens with one attached hydrogen (secondary N) is 2. The Hall–Kier alpha value is -1.76. The van der Waals surface area contributed by atoms with Gasteiger partial charge in [-0.05, 0) is 43.0 Å². The lowest BCUT2D eigenvalue weighted by Gasteiger charge is -2.29. The smallest absolute Gasteiger partial charge is 0.406 e. The quantitative estimate of drug-likeness (QED) is 0.899. The summed E-state index contributed by atoms with van der Waals surface area (Å²) >= 11 is 0. The number of benzene rings is 1. The summed E-state index contributed by atoms with van der Waals surface area (Å²) in [6, 6.07) is 5.65. The molecule has 1 saturated heterocycles. The lowest BCUT2D eigenvalue weighted by atomic mass is 9.86. The maximum absolute atomic E-state index is 12.2. The molecule has 1 amide bonds. The molecule has 2 unspecified atom stereocenters. The summed E-state index contributed by atoms with van der Waals surface area (Å²) in [5.74, 6) is -0.303. The molecular formula is C14H17F3N2O2. The van der Waals surface area contributed by atoms with Crippen molar-refractivity contribution in [2.24, 2.45) is 0 Å². The molecule has 0 aromatic heterocycles. The van der Waals surface area contributed by atoms with E-state index in [9.17, 15) is 18.0 Å². The fourth-order valence-electron chi connectivity index (χ4n) is 2.56. The summed E-state index contributed by atoms with van der Waals surface area (Å²) < 4.78 is 40.7. The first-order valence-electron chi connectivity index (χ1n) is 6.70. The molecule has 1 heterocycles. The number of ether oxygens (including phenoxy) is 1. The third-order valence-corrected chi connectivity index (χ3v) is 3.53. The van der Waals surface area contributed by atoms with E-state index in [1.165, 1.54) is 18.2 Å². The number of alkyl halides is 3. The molecule has 2 N–H and O–H groups in total. The van der Waals surface area contributed by atoms with Gasteiger partial charge in [0, 0.05) is 7.05 Å². The molecule has 21 heavy (non-hydrogen) atoms. The van der Waals surface area contributed by atoms with Crippen LogP contribution < -0.4 is 15.4 Å². The number of hydrogen-bond acceptors (Lipinski definition) is 3. The maximum Gasteiger partial charge on any atom is 0.573 e. The van der Waals surface area contributed by atoms with Gasteiger partial charge < -0.3 is 15.4 Å². The van der Waals surface area contributed by atoms with Crippen molar-refractivity contribution in [2.45, 2.75) is 31.2 Å². The molecule has 1 fully saturated rings. The van der Waals surface area contributed by atoms with Crippen LogP contribution in [0.15, 0.2) is 24.3 Å². The highest BCUT2D eigenvalue weighted by Gasteiger charge is 2.32. The van der Waals surface area contributed by atoms with E-state index >= 15 is 0 Å². The molecule has 7 heteroatoms. The lowest BCUT2D eigenvalue weighted by molar-refractivity contribution is -0.274. The van der Waals surface area contributed by atoms with E-state index in [1.807, 2.05) is 0 Å². The van der Waals surface area contributed by atoms with Crippen molar-refractivity contribution in [1.29, 1.82) is 0 Å². The predicted octanol–water partition coefficient (Wildman–Crippen LogP) is 2.17. The second kappa shape index (κ2) is 6.34. The standard InChI is InChI=1S/C14H17F3N2O2/c1-18-13(20)12-8-10(5-6-19-12)9-3-2-4-11(7-9)21-14(15,16)17/h2-4,7,10,12,19H,5-6,8H2,1H3,(H,18,20). The summed E-state index contributed by atoms with van der Waals surface area (Å²) in [6.07, 6.45) is -3.38. The summed E-state index contributed by atoms with van der Waals surface area (Å²) in [5.41, 5.74) is 0.757. The van der Waals surface area contributed by atoms with Gasteiger partial charge in [-0.2, -0.15) is 0 Å². The normalized spacial score (nSPS) is 22.7. The van der Waals surface area contributed by atoms with Crippen molar-refractivity contribution in [3.8, 4) is 5.75 Å². The first kappa shape index (κ1) is 15.6. The van der Waals surface area contributed by atoms with Gasteiger partial charge in [0.2, 0.25) is 5.91 Å². The Morgan fingerprint density at radius 3 is 2.86 bits per heavy atom. The first-order valence-corrected chi connectivity index (χ1v) is 6.70. The van der Waals surface area contributed by atoms with Crippen LogP contribution in [0.2, 0.25) is 0 Å². The number of likely N-dealkylation sites (N-methyl/N-ethyl adjacent to an activating group) is 1. The van der Waals surface area contributed by atoms with E-state index in [2.05, 4.69) is 15.4 Å². The topological polar surface area (TPSA) is 50.4 Å². The first-order chi connectivity index (χ1) is 9.89. The molecule has 1 aliphatic rings. The van der Waals surface area contributed by atoms with E-state index in [4.69, 9.17) is 0 Å². The van der Waals surface area contributed by atoms with Crippen LogP contribution in [0.3, 0.4) is 0 Å². The number of amides is 1. The highest BCUT2D eigenvalue weighted by molar-refractivity contribution is 5.81. The molecule has 2 rings (SSSR count). The molecule has 4 nitrogen and oxygen atoms in total. The Morgan fingerprint density at radius 2 is 2.19 bits per heavy atom. The van der Waals surface area contributed by atoms with Crippen molar-refractivity contribution < 1.29 is 22.7 Å². The van der Waals surface area contributed by atoms with E-state index in [-0.39, 0.29) is 23.6 Å². The Labute approximate surface area is 120 Å². The van der Waals surface area contributed by atoms with Gasteiger partial charge in [0.1, 0.15) is 5.75 Å². The van der Waals surface area contributed by atoms with E-state index in [0.29, 0.717) is 13.0 Å². The lowest BCUT2D eigenvalue weighted by Crippen LogP contribution is -2.47. The molecule has 0 radical (unpaired) electrons. The van der Waals surface area contributed by atoms with Gasteiger partial charge in [-0.15, -0.1) is 13.2 Å². The van der Waals surface area contributed by atoms with Gasteiger partial charge >= 0.3 is 6.36 Å². The molecule has 0 aliphatic carbocycles. The zero-order chi connectivity index (χ0) is 15.5. The zero-order valence-corrected chi connectivity index (χ0v) is 11.5. The van der Waals surface area contributed by atoms with Gasteiger partial charge in [-0.3, -0.25) is 4.79 Å². The van der Waals surface area contributed by atoms with Crippen LogP contribution in [-0.4, -0.2) is 31.9 Å². The van der Waals surface area contributed by atoms with Gasteiger partial charge in [0.15, 0.2) is 0 Å². The molecule has 1 aromatic rings. The molecule has 1 aliphatic heterocycles. The number of carbonyl (C=O) groups is 1. The fraction of sp³-hybridized carbons (Fsp3) is 0.500. The van der Waals surface area contributed by atoms with Crippen LogP contribution >= 0.6 is 0 Å². The Kier molecular flexibility index (Phi) is 4.72. The van der Waals surface area contributed by atoms with Crippen molar-refractivity contribution >= 4 is 5.91 Å². The highest BCUT2D eigenvalue weighted by Crippen LogP contribution is 2.31. The van der Waals surface area contributed by atoms with Crippen molar-refractivity contribution in [2.75, 3.05) is 13.6 Å². The van der Waals surface area contributed by atoms with Gasteiger partial charge in [0.05, 0.1) is 6.04 Å². The molecule has 0 saturated carbocycles. The molecule has 2 atom stereocenters. The number of hydrogen-bond donors (Lipinski definition) is 2. The van der Waals surface area contributed by atoms with Crippen molar-refractivity contribution in [3.63, 3.8) is 0 Å². The number of carbonyl (C=O) groups excluding carboxylic acids is 1. The third-order valence-electron chi connectivity index (χ3n) is 3.53. The minimum absolute atomic E-state index is 0.0327. The Bertz CT molecular complexity index is 505. The van der Waals surface area contributed by atoms with E-state index in [0.717, 1.165) is 12.0 Å². The number of rotatable bonds is 3. The minimum Gasteiger partial charge on any atom is -0.406 e. The highest BCUT2D eigenvalue weighted by atomic mass is 19.4. The molecular weight excluding hydrogens is 285 g/mol. The van der Waals surface area contributed by atoms with Crippen molar-refractivity contribution in [3.05, 3.63) is 29.8 Å². The summed E-state index contributed by atoms with van der Waals surface area (Å²) in [4.78, 5) is 11.7. The average Bonchev–Trinajstić information content (AvgIpc) is 2.45. The maximum atomic E-state index is 12.2. The van der Waals surface area contributed by atoms with Crippen LogP contribution in [0.4, 0.5) is 13.2 Å². The van der Waals surface area contributed by atoms with Crippen LogP contribution in [0.25, 0.3) is 0 Å². The SMILES string of the molecule is CNC(=O)C1CC(c2cccc(OC(F)(F)F)c2)CCN1. The molecule has 0 bridgehead atoms. The van der Waals surface area contributed by atoms with Crippen LogP contribution in [-0.2, 0) is 4.79 Å².